The molecule has 2 rings (SSSR count). The van der Waals surface area contributed by atoms with Crippen molar-refractivity contribution in [3.05, 3.63) is 0 Å². The van der Waals surface area contributed by atoms with E-state index in [0.29, 0.717) is 36.1 Å². The first kappa shape index (κ1) is 14.3. The first-order valence-corrected chi connectivity index (χ1v) is 7.32. The van der Waals surface area contributed by atoms with E-state index >= 15 is 0 Å². The molecule has 4 nitrogen and oxygen atoms in total. The lowest BCUT2D eigenvalue weighted by atomic mass is 9.71. The Kier molecular flexibility index (Phi) is 5.01. The molecule has 1 saturated carbocycles. The van der Waals surface area contributed by atoms with Crippen LogP contribution in [0.25, 0.3) is 0 Å². The number of hydrogen-bond acceptors (Lipinski definition) is 4. The van der Waals surface area contributed by atoms with Gasteiger partial charge in [0.2, 0.25) is 0 Å². The van der Waals surface area contributed by atoms with E-state index < -0.39 is 0 Å². The average molecular weight is 256 g/mol. The van der Waals surface area contributed by atoms with Gasteiger partial charge in [0.25, 0.3) is 0 Å². The molecule has 0 aromatic carbocycles. The molecule has 4 heteroatoms. The zero-order chi connectivity index (χ0) is 13.1. The molecule has 5 atom stereocenters. The first-order valence-electron chi connectivity index (χ1n) is 7.32. The van der Waals surface area contributed by atoms with Crippen LogP contribution in [0.3, 0.4) is 0 Å². The SMILES string of the molecule is CNC1C(CO)CNC2CCC(OC(C)C)CC21. The minimum atomic E-state index is 0.261. The Hall–Kier alpha value is -0.160. The number of fused-ring (bicyclic) bond motifs is 1. The quantitative estimate of drug-likeness (QED) is 0.695. The molecule has 1 aliphatic heterocycles. The molecule has 1 heterocycles. The molecule has 0 aromatic rings. The van der Waals surface area contributed by atoms with Gasteiger partial charge in [0.1, 0.15) is 0 Å². The van der Waals surface area contributed by atoms with Gasteiger partial charge in [0.05, 0.1) is 12.2 Å². The monoisotopic (exact) mass is 256 g/mol. The summed E-state index contributed by atoms with van der Waals surface area (Å²) in [6.07, 6.45) is 4.16. The van der Waals surface area contributed by atoms with Crippen molar-refractivity contribution in [2.24, 2.45) is 11.8 Å². The van der Waals surface area contributed by atoms with Crippen LogP contribution in [0.2, 0.25) is 0 Å². The van der Waals surface area contributed by atoms with E-state index in [1.165, 1.54) is 6.42 Å². The van der Waals surface area contributed by atoms with E-state index in [0.717, 1.165) is 19.4 Å². The second-order valence-electron chi connectivity index (χ2n) is 6.06. The molecule has 0 spiro atoms. The Labute approximate surface area is 110 Å². The van der Waals surface area contributed by atoms with Gasteiger partial charge in [-0.3, -0.25) is 0 Å². The predicted molar refractivity (Wildman–Crippen MR) is 72.6 cm³/mol. The molecule has 5 unspecified atom stereocenters. The summed E-state index contributed by atoms with van der Waals surface area (Å²) >= 11 is 0. The van der Waals surface area contributed by atoms with Gasteiger partial charge in [-0.15, -0.1) is 0 Å². The Balaban J connectivity index is 2.00. The molecule has 18 heavy (non-hydrogen) atoms. The summed E-state index contributed by atoms with van der Waals surface area (Å²) in [6, 6.07) is 1.01. The third-order valence-electron chi connectivity index (χ3n) is 4.50. The lowest BCUT2D eigenvalue weighted by molar-refractivity contribution is -0.0482. The van der Waals surface area contributed by atoms with E-state index in [9.17, 15) is 5.11 Å². The van der Waals surface area contributed by atoms with Crippen LogP contribution in [0.15, 0.2) is 0 Å². The molecule has 106 valence electrons. The number of nitrogens with one attached hydrogen (secondary N) is 2. The van der Waals surface area contributed by atoms with Crippen LogP contribution < -0.4 is 10.6 Å². The number of hydrogen-bond donors (Lipinski definition) is 3. The van der Waals surface area contributed by atoms with E-state index in [-0.39, 0.29) is 6.61 Å². The van der Waals surface area contributed by atoms with Crippen LogP contribution in [0, 0.1) is 11.8 Å². The largest absolute Gasteiger partial charge is 0.396 e. The highest BCUT2D eigenvalue weighted by atomic mass is 16.5. The average Bonchev–Trinajstić information content (AvgIpc) is 2.36. The van der Waals surface area contributed by atoms with Gasteiger partial charge in [-0.05, 0) is 46.1 Å². The molecule has 0 aromatic heterocycles. The third kappa shape index (κ3) is 3.05. The molecular formula is C14H28N2O2. The molecule has 0 radical (unpaired) electrons. The van der Waals surface area contributed by atoms with Crippen molar-refractivity contribution >= 4 is 0 Å². The van der Waals surface area contributed by atoms with E-state index in [1.54, 1.807) is 0 Å². The Morgan fingerprint density at radius 2 is 2.17 bits per heavy atom. The fourth-order valence-electron chi connectivity index (χ4n) is 3.73. The number of aliphatic hydroxyl groups excluding tert-OH is 1. The molecule has 2 aliphatic rings. The molecule has 1 aliphatic carbocycles. The van der Waals surface area contributed by atoms with Crippen LogP contribution >= 0.6 is 0 Å². The van der Waals surface area contributed by atoms with Gasteiger partial charge in [0.15, 0.2) is 0 Å². The Morgan fingerprint density at radius 1 is 1.39 bits per heavy atom. The maximum absolute atomic E-state index is 9.48. The van der Waals surface area contributed by atoms with Crippen LogP contribution in [-0.4, -0.2) is 49.6 Å². The molecule has 3 N–H and O–H groups in total. The molecule has 2 fully saturated rings. The summed E-state index contributed by atoms with van der Waals surface area (Å²) < 4.78 is 5.98. The molecular weight excluding hydrogens is 228 g/mol. The molecule has 0 amide bonds. The highest BCUT2D eigenvalue weighted by Crippen LogP contribution is 2.34. The van der Waals surface area contributed by atoms with Crippen molar-refractivity contribution in [3.8, 4) is 0 Å². The maximum Gasteiger partial charge on any atom is 0.0583 e. The number of ether oxygens (including phenoxy) is 1. The van der Waals surface area contributed by atoms with E-state index in [1.807, 2.05) is 7.05 Å². The summed E-state index contributed by atoms with van der Waals surface area (Å²) in [7, 11) is 2.02. The van der Waals surface area contributed by atoms with Crippen LogP contribution in [0.5, 0.6) is 0 Å². The zero-order valence-electron chi connectivity index (χ0n) is 11.9. The standard InChI is InChI=1S/C14H28N2O2/c1-9(2)18-11-4-5-13-12(6-11)14(15-3)10(8-17)7-16-13/h9-17H,4-8H2,1-3H3. The lowest BCUT2D eigenvalue weighted by Crippen LogP contribution is -2.61. The van der Waals surface area contributed by atoms with E-state index in [2.05, 4.69) is 24.5 Å². The topological polar surface area (TPSA) is 53.5 Å². The summed E-state index contributed by atoms with van der Waals surface area (Å²) in [6.45, 7) is 5.41. The van der Waals surface area contributed by atoms with Gasteiger partial charge < -0.3 is 20.5 Å². The van der Waals surface area contributed by atoms with Crippen molar-refractivity contribution in [2.45, 2.75) is 57.4 Å². The number of piperidine rings is 1. The minimum Gasteiger partial charge on any atom is -0.396 e. The zero-order valence-corrected chi connectivity index (χ0v) is 11.9. The second kappa shape index (κ2) is 6.33. The van der Waals surface area contributed by atoms with Crippen molar-refractivity contribution in [2.75, 3.05) is 20.2 Å². The smallest absolute Gasteiger partial charge is 0.0583 e. The number of rotatable bonds is 4. The van der Waals surface area contributed by atoms with Crippen LogP contribution in [0.4, 0.5) is 0 Å². The third-order valence-corrected chi connectivity index (χ3v) is 4.50. The maximum atomic E-state index is 9.48. The fraction of sp³-hybridized carbons (Fsp3) is 1.00. The van der Waals surface area contributed by atoms with Gasteiger partial charge >= 0.3 is 0 Å². The molecule has 1 saturated heterocycles. The summed E-state index contributed by atoms with van der Waals surface area (Å²) in [5.74, 6) is 0.910. The Morgan fingerprint density at radius 3 is 2.78 bits per heavy atom. The van der Waals surface area contributed by atoms with Gasteiger partial charge in [-0.2, -0.15) is 0 Å². The van der Waals surface area contributed by atoms with Crippen molar-refractivity contribution in [3.63, 3.8) is 0 Å². The van der Waals surface area contributed by atoms with Gasteiger partial charge in [0, 0.05) is 31.2 Å². The fourth-order valence-corrected chi connectivity index (χ4v) is 3.73. The highest BCUT2D eigenvalue weighted by molar-refractivity contribution is 4.99. The van der Waals surface area contributed by atoms with Gasteiger partial charge in [-0.25, -0.2) is 0 Å². The van der Waals surface area contributed by atoms with Crippen molar-refractivity contribution < 1.29 is 9.84 Å². The first-order chi connectivity index (χ1) is 8.65. The normalized spacial score (nSPS) is 40.8. The van der Waals surface area contributed by atoms with Crippen LogP contribution in [0.1, 0.15) is 33.1 Å². The molecule has 0 bridgehead atoms. The predicted octanol–water partition coefficient (Wildman–Crippen LogP) is 0.748. The summed E-state index contributed by atoms with van der Waals surface area (Å²) in [4.78, 5) is 0. The minimum absolute atomic E-state index is 0.261. The highest BCUT2D eigenvalue weighted by Gasteiger charge is 2.42. The van der Waals surface area contributed by atoms with Crippen molar-refractivity contribution in [1.82, 2.24) is 10.6 Å². The Bertz CT molecular complexity index is 260. The number of aliphatic hydroxyl groups is 1. The van der Waals surface area contributed by atoms with E-state index in [4.69, 9.17) is 4.74 Å². The van der Waals surface area contributed by atoms with Gasteiger partial charge in [-0.1, -0.05) is 0 Å². The summed E-state index contributed by atoms with van der Waals surface area (Å²) in [5, 5.41) is 16.5. The summed E-state index contributed by atoms with van der Waals surface area (Å²) in [5.41, 5.74) is 0. The van der Waals surface area contributed by atoms with Crippen LogP contribution in [-0.2, 0) is 4.74 Å². The lowest BCUT2D eigenvalue weighted by Gasteiger charge is -2.47. The van der Waals surface area contributed by atoms with Crippen molar-refractivity contribution in [1.29, 1.82) is 0 Å². The second-order valence-corrected chi connectivity index (χ2v) is 6.06.